The normalized spacial score (nSPS) is 26.7. The molecule has 2 heterocycles. The van der Waals surface area contributed by atoms with Crippen LogP contribution >= 0.6 is 0 Å². The van der Waals surface area contributed by atoms with Crippen molar-refractivity contribution >= 4 is 0 Å². The molecule has 1 aliphatic carbocycles. The van der Waals surface area contributed by atoms with Crippen molar-refractivity contribution in [1.82, 2.24) is 15.5 Å². The first kappa shape index (κ1) is 13.1. The van der Waals surface area contributed by atoms with Gasteiger partial charge in [-0.1, -0.05) is 5.16 Å². The molecule has 0 aromatic carbocycles. The van der Waals surface area contributed by atoms with Gasteiger partial charge in [-0.05, 0) is 57.5 Å². The van der Waals surface area contributed by atoms with Gasteiger partial charge >= 0.3 is 0 Å². The van der Waals surface area contributed by atoms with Crippen LogP contribution in [0.5, 0.6) is 0 Å². The molecular formula is C14H23N3O2. The first-order chi connectivity index (χ1) is 9.32. The lowest BCUT2D eigenvalue weighted by Crippen LogP contribution is -2.31. The Balaban J connectivity index is 1.68. The van der Waals surface area contributed by atoms with Crippen LogP contribution in [0.25, 0.3) is 0 Å². The SMILES string of the molecule is COC1(c2noc(CC3CCCNC3)n2)CCCC1. The first-order valence-electron chi connectivity index (χ1n) is 7.41. The molecule has 2 fully saturated rings. The number of nitrogens with zero attached hydrogens (tertiary/aromatic N) is 2. The van der Waals surface area contributed by atoms with Gasteiger partial charge in [0.2, 0.25) is 11.7 Å². The zero-order valence-corrected chi connectivity index (χ0v) is 11.7. The maximum absolute atomic E-state index is 5.69. The van der Waals surface area contributed by atoms with E-state index in [1.54, 1.807) is 7.11 Å². The average molecular weight is 265 g/mol. The van der Waals surface area contributed by atoms with Crippen LogP contribution in [0.4, 0.5) is 0 Å². The van der Waals surface area contributed by atoms with Gasteiger partial charge in [0.15, 0.2) is 0 Å². The van der Waals surface area contributed by atoms with Crippen molar-refractivity contribution < 1.29 is 9.26 Å². The largest absolute Gasteiger partial charge is 0.370 e. The third-order valence-electron chi connectivity index (χ3n) is 4.54. The summed E-state index contributed by atoms with van der Waals surface area (Å²) in [6.45, 7) is 2.20. The van der Waals surface area contributed by atoms with E-state index < -0.39 is 0 Å². The highest BCUT2D eigenvalue weighted by Gasteiger charge is 2.40. The van der Waals surface area contributed by atoms with Gasteiger partial charge in [0, 0.05) is 13.5 Å². The van der Waals surface area contributed by atoms with Gasteiger partial charge in [0.05, 0.1) is 0 Å². The lowest BCUT2D eigenvalue weighted by molar-refractivity contribution is -0.0178. The van der Waals surface area contributed by atoms with Crippen molar-refractivity contribution in [3.8, 4) is 0 Å². The fraction of sp³-hybridized carbons (Fsp3) is 0.857. The quantitative estimate of drug-likeness (QED) is 0.902. The molecule has 19 heavy (non-hydrogen) atoms. The molecule has 1 atom stereocenters. The highest BCUT2D eigenvalue weighted by atomic mass is 16.5. The first-order valence-corrected chi connectivity index (χ1v) is 7.41. The lowest BCUT2D eigenvalue weighted by atomic mass is 9.96. The highest BCUT2D eigenvalue weighted by Crippen LogP contribution is 2.40. The molecule has 1 unspecified atom stereocenters. The predicted molar refractivity (Wildman–Crippen MR) is 70.8 cm³/mol. The summed E-state index contributed by atoms with van der Waals surface area (Å²) >= 11 is 0. The van der Waals surface area contributed by atoms with E-state index in [-0.39, 0.29) is 5.60 Å². The van der Waals surface area contributed by atoms with Gasteiger partial charge in [0.1, 0.15) is 5.60 Å². The number of aromatic nitrogens is 2. The molecule has 0 spiro atoms. The van der Waals surface area contributed by atoms with Crippen molar-refractivity contribution in [2.45, 2.75) is 50.5 Å². The summed E-state index contributed by atoms with van der Waals surface area (Å²) in [5.41, 5.74) is -0.285. The van der Waals surface area contributed by atoms with Crippen LogP contribution < -0.4 is 5.32 Å². The fourth-order valence-corrected chi connectivity index (χ4v) is 3.33. The van der Waals surface area contributed by atoms with E-state index in [2.05, 4.69) is 15.5 Å². The Morgan fingerprint density at radius 3 is 2.89 bits per heavy atom. The Kier molecular flexibility index (Phi) is 3.84. The molecule has 3 rings (SSSR count). The van der Waals surface area contributed by atoms with E-state index in [4.69, 9.17) is 9.26 Å². The molecule has 2 aliphatic rings. The number of rotatable bonds is 4. The van der Waals surface area contributed by atoms with E-state index in [9.17, 15) is 0 Å². The van der Waals surface area contributed by atoms with Gasteiger partial charge in [0.25, 0.3) is 0 Å². The van der Waals surface area contributed by atoms with Crippen LogP contribution in [0.2, 0.25) is 0 Å². The molecule has 0 radical (unpaired) electrons. The average Bonchev–Trinajstić information content (AvgIpc) is 3.09. The minimum atomic E-state index is -0.285. The summed E-state index contributed by atoms with van der Waals surface area (Å²) in [6.07, 6.45) is 7.77. The summed E-state index contributed by atoms with van der Waals surface area (Å²) in [6, 6.07) is 0. The van der Waals surface area contributed by atoms with E-state index in [0.29, 0.717) is 5.92 Å². The van der Waals surface area contributed by atoms with Gasteiger partial charge in [-0.15, -0.1) is 0 Å². The van der Waals surface area contributed by atoms with Gasteiger partial charge < -0.3 is 14.6 Å². The Bertz CT molecular complexity index is 407. The Labute approximate surface area is 114 Å². The minimum absolute atomic E-state index is 0.285. The number of ether oxygens (including phenoxy) is 1. The summed E-state index contributed by atoms with van der Waals surface area (Å²) in [7, 11) is 1.76. The zero-order chi connectivity index (χ0) is 13.1. The fourth-order valence-electron chi connectivity index (χ4n) is 3.33. The molecule has 1 aliphatic heterocycles. The van der Waals surface area contributed by atoms with Crippen molar-refractivity contribution in [3.63, 3.8) is 0 Å². The van der Waals surface area contributed by atoms with Crippen LogP contribution in [0.1, 0.15) is 50.2 Å². The lowest BCUT2D eigenvalue weighted by Gasteiger charge is -2.23. The number of piperidine rings is 1. The molecule has 106 valence electrons. The van der Waals surface area contributed by atoms with Crippen LogP contribution in [0.3, 0.4) is 0 Å². The van der Waals surface area contributed by atoms with Crippen molar-refractivity contribution in [1.29, 1.82) is 0 Å². The van der Waals surface area contributed by atoms with Crippen molar-refractivity contribution in [3.05, 3.63) is 11.7 Å². The summed E-state index contributed by atoms with van der Waals surface area (Å²) in [4.78, 5) is 4.60. The van der Waals surface area contributed by atoms with E-state index in [1.807, 2.05) is 0 Å². The minimum Gasteiger partial charge on any atom is -0.370 e. The van der Waals surface area contributed by atoms with Crippen molar-refractivity contribution in [2.24, 2.45) is 5.92 Å². The van der Waals surface area contributed by atoms with Gasteiger partial charge in [-0.25, -0.2) is 0 Å². The van der Waals surface area contributed by atoms with Crippen LogP contribution in [-0.2, 0) is 16.8 Å². The maximum Gasteiger partial charge on any atom is 0.227 e. The number of methoxy groups -OCH3 is 1. The smallest absolute Gasteiger partial charge is 0.227 e. The summed E-state index contributed by atoms with van der Waals surface area (Å²) in [5, 5.41) is 7.60. The molecule has 5 nitrogen and oxygen atoms in total. The molecule has 0 bridgehead atoms. The van der Waals surface area contributed by atoms with Gasteiger partial charge in [-0.3, -0.25) is 0 Å². The number of nitrogens with one attached hydrogen (secondary N) is 1. The Morgan fingerprint density at radius 1 is 1.37 bits per heavy atom. The molecular weight excluding hydrogens is 242 g/mol. The number of hydrogen-bond acceptors (Lipinski definition) is 5. The zero-order valence-electron chi connectivity index (χ0n) is 11.7. The van der Waals surface area contributed by atoms with Crippen molar-refractivity contribution in [2.75, 3.05) is 20.2 Å². The molecule has 1 aromatic heterocycles. The summed E-state index contributed by atoms with van der Waals surface area (Å²) < 4.78 is 11.1. The third-order valence-corrected chi connectivity index (χ3v) is 4.54. The second-order valence-corrected chi connectivity index (χ2v) is 5.83. The molecule has 0 amide bonds. The van der Waals surface area contributed by atoms with E-state index >= 15 is 0 Å². The molecule has 1 saturated carbocycles. The highest BCUT2D eigenvalue weighted by molar-refractivity contribution is 5.04. The monoisotopic (exact) mass is 265 g/mol. The second kappa shape index (κ2) is 5.59. The Morgan fingerprint density at radius 2 is 2.21 bits per heavy atom. The molecule has 5 heteroatoms. The Hall–Kier alpha value is -0.940. The van der Waals surface area contributed by atoms with Gasteiger partial charge in [-0.2, -0.15) is 4.98 Å². The summed E-state index contributed by atoms with van der Waals surface area (Å²) in [5.74, 6) is 2.16. The standard InChI is InChI=1S/C14H23N3O2/c1-18-14(6-2-3-7-14)13-16-12(19-17-13)9-11-5-4-8-15-10-11/h11,15H,2-10H2,1H3. The molecule has 1 N–H and O–H groups in total. The second-order valence-electron chi connectivity index (χ2n) is 5.83. The van der Waals surface area contributed by atoms with Crippen LogP contribution in [0.15, 0.2) is 4.52 Å². The maximum atomic E-state index is 5.69. The molecule has 1 saturated heterocycles. The van der Waals surface area contributed by atoms with E-state index in [0.717, 1.165) is 44.1 Å². The topological polar surface area (TPSA) is 60.2 Å². The predicted octanol–water partition coefficient (Wildman–Crippen LogP) is 2.03. The third kappa shape index (κ3) is 2.67. The van der Waals surface area contributed by atoms with Crippen LogP contribution in [0, 0.1) is 5.92 Å². The molecule has 1 aromatic rings. The van der Waals surface area contributed by atoms with Crippen LogP contribution in [-0.4, -0.2) is 30.3 Å². The van der Waals surface area contributed by atoms with E-state index in [1.165, 1.54) is 25.7 Å². The number of hydrogen-bond donors (Lipinski definition) is 1.